The molecule has 4 aliphatic heterocycles. The fourth-order valence-electron chi connectivity index (χ4n) is 11.5. The summed E-state index contributed by atoms with van der Waals surface area (Å²) in [5.41, 5.74) is 3.84. The van der Waals surface area contributed by atoms with E-state index in [4.69, 9.17) is 34.4 Å². The van der Waals surface area contributed by atoms with Crippen molar-refractivity contribution in [2.24, 2.45) is 17.8 Å². The van der Waals surface area contributed by atoms with Crippen LogP contribution in [0.15, 0.2) is 85.2 Å². The molecular weight excluding hydrogens is 753 g/mol. The van der Waals surface area contributed by atoms with E-state index in [0.717, 1.165) is 99.2 Å². The van der Waals surface area contributed by atoms with Crippen LogP contribution in [0, 0.1) is 17.8 Å². The van der Waals surface area contributed by atoms with Gasteiger partial charge in [0.2, 0.25) is 11.8 Å². The fraction of sp³-hybridized carbons (Fsp3) is 0.469. The van der Waals surface area contributed by atoms with E-state index < -0.39 is 17.8 Å². The van der Waals surface area contributed by atoms with E-state index in [1.807, 2.05) is 73.1 Å². The first-order valence-corrected chi connectivity index (χ1v) is 22.0. The largest absolute Gasteiger partial charge is 0.497 e. The molecule has 4 saturated heterocycles. The minimum atomic E-state index is -0.714. The maximum Gasteiger partial charge on any atom is 0.242 e. The molecule has 11 heteroatoms. The SMILES string of the molecule is CC[C@H]1CC2[C@H]1CCN2C(C)[C@H](Oc1nnc(O[C@@H](c2ccnc3ccc(OC)cc23)C2CC3CCN2C[C@]3(O)CC)c2ccccc12)c1ccnc2ccc(CO)cc12. The second kappa shape index (κ2) is 15.8. The number of likely N-dealkylation sites (tertiary alicyclic amines) is 1. The lowest BCUT2D eigenvalue weighted by molar-refractivity contribution is -0.150. The Hall–Kier alpha value is -4.94. The normalized spacial score (nSPS) is 27.7. The number of hydrogen-bond donors (Lipinski definition) is 2. The van der Waals surface area contributed by atoms with Crippen LogP contribution in [0.4, 0.5) is 0 Å². The Labute approximate surface area is 351 Å². The van der Waals surface area contributed by atoms with Gasteiger partial charge in [0.15, 0.2) is 0 Å². The second-order valence-electron chi connectivity index (χ2n) is 17.7. The van der Waals surface area contributed by atoms with Gasteiger partial charge in [-0.25, -0.2) is 0 Å². The van der Waals surface area contributed by atoms with E-state index in [1.165, 1.54) is 19.3 Å². The van der Waals surface area contributed by atoms with Crippen LogP contribution in [-0.2, 0) is 6.61 Å². The van der Waals surface area contributed by atoms with Crippen molar-refractivity contribution in [1.29, 1.82) is 0 Å². The van der Waals surface area contributed by atoms with Crippen molar-refractivity contribution >= 4 is 32.6 Å². The van der Waals surface area contributed by atoms with Gasteiger partial charge >= 0.3 is 0 Å². The smallest absolute Gasteiger partial charge is 0.242 e. The summed E-state index contributed by atoms with van der Waals surface area (Å²) in [6, 6.07) is 24.7. The van der Waals surface area contributed by atoms with E-state index in [0.29, 0.717) is 24.3 Å². The maximum absolute atomic E-state index is 11.7. The molecule has 2 N–H and O–H groups in total. The summed E-state index contributed by atoms with van der Waals surface area (Å²) in [7, 11) is 1.68. The molecule has 5 unspecified atom stereocenters. The summed E-state index contributed by atoms with van der Waals surface area (Å²) in [6.07, 6.45) is 8.99. The molecule has 5 aliphatic rings. The lowest BCUT2D eigenvalue weighted by Gasteiger charge is -2.55. The predicted octanol–water partition coefficient (Wildman–Crippen LogP) is 8.21. The highest BCUT2D eigenvalue weighted by Crippen LogP contribution is 2.50. The number of hydrogen-bond acceptors (Lipinski definition) is 11. The molecule has 5 fully saturated rings. The van der Waals surface area contributed by atoms with Gasteiger partial charge in [0, 0.05) is 52.9 Å². The first-order valence-electron chi connectivity index (χ1n) is 22.0. The fourth-order valence-corrected chi connectivity index (χ4v) is 11.5. The Balaban J connectivity index is 1.05. The molecule has 3 aromatic carbocycles. The molecule has 6 aromatic rings. The van der Waals surface area contributed by atoms with Crippen LogP contribution in [0.3, 0.4) is 0 Å². The zero-order chi connectivity index (χ0) is 41.1. The van der Waals surface area contributed by atoms with Crippen molar-refractivity contribution in [2.75, 3.05) is 26.7 Å². The Morgan fingerprint density at radius 3 is 2.22 bits per heavy atom. The zero-order valence-corrected chi connectivity index (χ0v) is 35.1. The van der Waals surface area contributed by atoms with Crippen molar-refractivity contribution in [3.05, 3.63) is 102 Å². The third-order valence-electron chi connectivity index (χ3n) is 14.9. The summed E-state index contributed by atoms with van der Waals surface area (Å²) in [5.74, 6) is 3.30. The van der Waals surface area contributed by atoms with Crippen molar-refractivity contribution in [3.8, 4) is 17.5 Å². The van der Waals surface area contributed by atoms with Gasteiger partial charge in [0.25, 0.3) is 0 Å². The number of rotatable bonds is 13. The molecule has 1 aliphatic carbocycles. The van der Waals surface area contributed by atoms with Gasteiger partial charge in [-0.2, -0.15) is 0 Å². The molecule has 7 heterocycles. The molecule has 0 amide bonds. The molecule has 2 bridgehead atoms. The summed E-state index contributed by atoms with van der Waals surface area (Å²) in [6.45, 7) is 9.16. The maximum atomic E-state index is 11.7. The van der Waals surface area contributed by atoms with E-state index >= 15 is 0 Å². The Morgan fingerprint density at radius 1 is 0.817 bits per heavy atom. The van der Waals surface area contributed by atoms with Gasteiger partial charge in [-0.3, -0.25) is 19.8 Å². The number of aliphatic hydroxyl groups is 2. The van der Waals surface area contributed by atoms with Crippen LogP contribution in [0.25, 0.3) is 32.6 Å². The molecule has 11 rings (SSSR count). The summed E-state index contributed by atoms with van der Waals surface area (Å²) < 4.78 is 20.2. The van der Waals surface area contributed by atoms with Crippen LogP contribution in [0.1, 0.15) is 88.2 Å². The lowest BCUT2D eigenvalue weighted by atomic mass is 9.68. The lowest BCUT2D eigenvalue weighted by Crippen LogP contribution is -2.64. The van der Waals surface area contributed by atoms with Gasteiger partial charge in [0.1, 0.15) is 18.0 Å². The minimum Gasteiger partial charge on any atom is -0.497 e. The first kappa shape index (κ1) is 39.2. The molecule has 0 radical (unpaired) electrons. The van der Waals surface area contributed by atoms with E-state index in [-0.39, 0.29) is 24.6 Å². The first-order chi connectivity index (χ1) is 29.3. The quantitative estimate of drug-likeness (QED) is 0.117. The number of benzene rings is 3. The third kappa shape index (κ3) is 6.65. The van der Waals surface area contributed by atoms with Crippen LogP contribution >= 0.6 is 0 Å². The Morgan fingerprint density at radius 2 is 1.53 bits per heavy atom. The molecule has 312 valence electrons. The van der Waals surface area contributed by atoms with Crippen molar-refractivity contribution in [2.45, 2.75) is 102 Å². The molecular formula is C49H56N6O5. The van der Waals surface area contributed by atoms with Crippen LogP contribution < -0.4 is 14.2 Å². The van der Waals surface area contributed by atoms with Crippen LogP contribution in [0.2, 0.25) is 0 Å². The van der Waals surface area contributed by atoms with Crippen molar-refractivity contribution in [3.63, 3.8) is 0 Å². The van der Waals surface area contributed by atoms with Gasteiger partial charge in [-0.1, -0.05) is 38.5 Å². The number of methoxy groups -OCH3 is 1. The molecule has 0 spiro atoms. The van der Waals surface area contributed by atoms with Crippen LogP contribution in [-0.4, -0.2) is 90.6 Å². The zero-order valence-electron chi connectivity index (χ0n) is 35.1. The molecule has 3 aromatic heterocycles. The van der Waals surface area contributed by atoms with Gasteiger partial charge in [-0.15, -0.1) is 10.2 Å². The van der Waals surface area contributed by atoms with Gasteiger partial charge in [0.05, 0.1) is 47.2 Å². The predicted molar refractivity (Wildman–Crippen MR) is 232 cm³/mol. The topological polar surface area (TPSA) is 126 Å². The number of aliphatic hydroxyl groups excluding tert-OH is 1. The Kier molecular flexibility index (Phi) is 10.3. The Bertz CT molecular complexity index is 2540. The van der Waals surface area contributed by atoms with Crippen molar-refractivity contribution in [1.82, 2.24) is 30.0 Å². The number of ether oxygens (including phenoxy) is 3. The third-order valence-corrected chi connectivity index (χ3v) is 14.9. The van der Waals surface area contributed by atoms with Gasteiger partial charge < -0.3 is 24.4 Å². The minimum absolute atomic E-state index is 0.0130. The second-order valence-corrected chi connectivity index (χ2v) is 17.7. The highest BCUT2D eigenvalue weighted by atomic mass is 16.5. The van der Waals surface area contributed by atoms with Crippen LogP contribution in [0.5, 0.6) is 17.5 Å². The molecule has 10 atom stereocenters. The average Bonchev–Trinajstić information content (AvgIpc) is 3.62. The van der Waals surface area contributed by atoms with Crippen molar-refractivity contribution < 1.29 is 24.4 Å². The summed E-state index contributed by atoms with van der Waals surface area (Å²) in [4.78, 5) is 14.5. The van der Waals surface area contributed by atoms with E-state index in [2.05, 4.69) is 42.7 Å². The summed E-state index contributed by atoms with van der Waals surface area (Å²) >= 11 is 0. The molecule has 60 heavy (non-hydrogen) atoms. The number of piperidine rings is 3. The van der Waals surface area contributed by atoms with E-state index in [9.17, 15) is 10.2 Å². The number of fused-ring (bicyclic) bond motifs is 7. The monoisotopic (exact) mass is 808 g/mol. The highest BCUT2D eigenvalue weighted by Gasteiger charge is 2.52. The number of aromatic nitrogens is 4. The average molecular weight is 809 g/mol. The summed E-state index contributed by atoms with van der Waals surface area (Å²) in [5, 5.41) is 35.1. The molecule has 1 saturated carbocycles. The molecule has 11 nitrogen and oxygen atoms in total. The number of nitrogens with zero attached hydrogens (tertiary/aromatic N) is 6. The number of pyridine rings is 2. The standard InChI is InChI=1S/C49H56N6O5/c1-5-31-24-43-34(31)18-22-55(43)29(3)45(35-15-19-50-41-13-11-30(27-56)23-39(35)41)59-47-37-9-7-8-10-38(37)48(53-52-47)60-46(44-25-32-17-21-54(44)28-49(32,57)6-2)36-16-20-51-42-14-12-33(58-4)26-40(36)42/h7-16,19-20,23,26,29,31-32,34,43-46,56-57H,5-6,17-18,21-22,24-25,27-28H2,1-4H3/t29?,31-,32?,34-,43?,44?,45-,46-,49+/m0/s1. The van der Waals surface area contributed by atoms with Gasteiger partial charge in [-0.05, 0) is 130 Å². The highest BCUT2D eigenvalue weighted by molar-refractivity contribution is 5.91. The van der Waals surface area contributed by atoms with E-state index in [1.54, 1.807) is 7.11 Å².